The summed E-state index contributed by atoms with van der Waals surface area (Å²) in [5, 5.41) is 7.69. The predicted octanol–water partition coefficient (Wildman–Crippen LogP) is 5.68. The van der Waals surface area contributed by atoms with Crippen LogP contribution in [0, 0.1) is 12.7 Å². The Morgan fingerprint density at radius 3 is 2.55 bits per heavy atom. The smallest absolute Gasteiger partial charge is 0.240 e. The molecule has 0 saturated carbocycles. The number of carbonyl (C=O) groups excluding carboxylic acids is 2. The van der Waals surface area contributed by atoms with Crippen molar-refractivity contribution in [1.29, 1.82) is 0 Å². The third-order valence-corrected chi connectivity index (χ3v) is 7.68. The van der Waals surface area contributed by atoms with Gasteiger partial charge in [-0.3, -0.25) is 14.5 Å². The fraction of sp³-hybridized carbons (Fsp3) is 0.233. The zero-order valence-corrected chi connectivity index (χ0v) is 22.2. The molecule has 0 spiro atoms. The lowest BCUT2D eigenvalue weighted by molar-refractivity contribution is -0.122. The number of amides is 2. The normalized spacial score (nSPS) is 15.2. The van der Waals surface area contributed by atoms with E-state index in [1.807, 2.05) is 56.3 Å². The molecule has 4 aromatic rings. The molecule has 0 bridgehead atoms. The number of thioether (sulfide) groups is 1. The third-order valence-electron chi connectivity index (χ3n) is 6.43. The van der Waals surface area contributed by atoms with Gasteiger partial charge >= 0.3 is 0 Å². The van der Waals surface area contributed by atoms with Gasteiger partial charge < -0.3 is 5.32 Å². The van der Waals surface area contributed by atoms with Crippen LogP contribution < -0.4 is 10.2 Å². The minimum atomic E-state index is -0.365. The number of anilines is 1. The van der Waals surface area contributed by atoms with Crippen molar-refractivity contribution < 1.29 is 14.0 Å². The first-order valence-corrected chi connectivity index (χ1v) is 13.7. The second-order valence-electron chi connectivity index (χ2n) is 9.28. The molecule has 1 aromatic heterocycles. The van der Waals surface area contributed by atoms with E-state index in [1.165, 1.54) is 28.8 Å². The molecule has 0 radical (unpaired) electrons. The number of halogens is 1. The lowest BCUT2D eigenvalue weighted by Gasteiger charge is -2.23. The third kappa shape index (κ3) is 5.22. The first kappa shape index (κ1) is 25.7. The van der Waals surface area contributed by atoms with Crippen molar-refractivity contribution in [2.45, 2.75) is 25.5 Å². The lowest BCUT2D eigenvalue weighted by atomic mass is 9.98. The number of aromatic nitrogens is 2. The summed E-state index contributed by atoms with van der Waals surface area (Å²) in [6.45, 7) is 4.42. The van der Waals surface area contributed by atoms with Gasteiger partial charge in [0.2, 0.25) is 11.8 Å². The van der Waals surface area contributed by atoms with Crippen LogP contribution >= 0.6 is 11.8 Å². The maximum absolute atomic E-state index is 13.9. The first-order chi connectivity index (χ1) is 18.5. The van der Waals surface area contributed by atoms with E-state index in [1.54, 1.807) is 16.8 Å². The van der Waals surface area contributed by atoms with Gasteiger partial charge in [0, 0.05) is 17.7 Å². The van der Waals surface area contributed by atoms with Gasteiger partial charge in [-0.15, -0.1) is 11.8 Å². The molecule has 1 unspecified atom stereocenters. The Kier molecular flexibility index (Phi) is 7.60. The van der Waals surface area contributed by atoms with E-state index in [9.17, 15) is 14.0 Å². The van der Waals surface area contributed by atoms with Crippen LogP contribution in [0.4, 0.5) is 10.2 Å². The topological polar surface area (TPSA) is 67.2 Å². The zero-order valence-electron chi connectivity index (χ0n) is 21.4. The zero-order chi connectivity index (χ0) is 26.6. The minimum absolute atomic E-state index is 0.131. The monoisotopic (exact) mass is 528 g/mol. The summed E-state index contributed by atoms with van der Waals surface area (Å²) in [4.78, 5) is 28.1. The summed E-state index contributed by atoms with van der Waals surface area (Å²) >= 11 is 1.53. The van der Waals surface area contributed by atoms with Crippen LogP contribution in [-0.4, -0.2) is 40.4 Å². The summed E-state index contributed by atoms with van der Waals surface area (Å²) in [7, 11) is 0. The molecule has 0 saturated heterocycles. The van der Waals surface area contributed by atoms with E-state index < -0.39 is 0 Å². The average molecular weight is 529 g/mol. The van der Waals surface area contributed by atoms with E-state index in [2.05, 4.69) is 17.4 Å². The molecular formula is C30H29FN4O2S. The second-order valence-corrected chi connectivity index (χ2v) is 10.4. The molecule has 8 heteroatoms. The largest absolute Gasteiger partial charge is 0.355 e. The number of nitrogens with one attached hydrogen (secondary N) is 1. The molecule has 1 atom stereocenters. The number of nitrogens with zero attached hydrogens (tertiary/aromatic N) is 3. The summed E-state index contributed by atoms with van der Waals surface area (Å²) in [5.41, 5.74) is 5.24. The summed E-state index contributed by atoms with van der Waals surface area (Å²) in [6, 6.07) is 24.1. The molecule has 5 rings (SSSR count). The highest BCUT2D eigenvalue weighted by Gasteiger charge is 2.37. The Bertz CT molecular complexity index is 1450. The van der Waals surface area contributed by atoms with E-state index in [0.29, 0.717) is 18.1 Å². The first-order valence-electron chi connectivity index (χ1n) is 12.7. The second kappa shape index (κ2) is 11.2. The van der Waals surface area contributed by atoms with Gasteiger partial charge in [-0.1, -0.05) is 67.1 Å². The summed E-state index contributed by atoms with van der Waals surface area (Å²) < 4.78 is 15.6. The highest BCUT2D eigenvalue weighted by atomic mass is 32.2. The van der Waals surface area contributed by atoms with Crippen molar-refractivity contribution in [1.82, 2.24) is 15.1 Å². The van der Waals surface area contributed by atoms with Crippen molar-refractivity contribution >= 4 is 29.4 Å². The van der Waals surface area contributed by atoms with Crippen LogP contribution in [0.25, 0.3) is 16.9 Å². The molecule has 2 heterocycles. The number of aryl methyl sites for hydroxylation is 1. The van der Waals surface area contributed by atoms with Crippen molar-refractivity contribution in [3.8, 4) is 16.9 Å². The van der Waals surface area contributed by atoms with Crippen LogP contribution in [0.3, 0.4) is 0 Å². The molecule has 38 heavy (non-hydrogen) atoms. The highest BCUT2D eigenvalue weighted by Crippen LogP contribution is 2.48. The average Bonchev–Trinajstić information content (AvgIpc) is 3.25. The van der Waals surface area contributed by atoms with Crippen LogP contribution in [0.2, 0.25) is 0 Å². The van der Waals surface area contributed by atoms with Crippen LogP contribution in [0.15, 0.2) is 78.9 Å². The van der Waals surface area contributed by atoms with E-state index in [4.69, 9.17) is 5.10 Å². The molecule has 194 valence electrons. The van der Waals surface area contributed by atoms with Crippen LogP contribution in [-0.2, 0) is 9.59 Å². The standard InChI is InChI=1S/C30H29FN4O2S/c1-3-16-32-25(36)18-34-26(37)19-38-29(22-11-7-8-20(2)17-22)27-28(21-9-5-4-6-10-21)33-35(30(27)34)24-14-12-23(31)13-15-24/h4-15,17,29H,3,16,18-19H2,1-2H3,(H,32,36). The van der Waals surface area contributed by atoms with Gasteiger partial charge in [0.15, 0.2) is 0 Å². The van der Waals surface area contributed by atoms with E-state index in [0.717, 1.165) is 34.4 Å². The van der Waals surface area contributed by atoms with Gasteiger partial charge in [0.1, 0.15) is 18.2 Å². The molecular weight excluding hydrogens is 499 g/mol. The molecule has 1 aliphatic rings. The SMILES string of the molecule is CCCNC(=O)CN1C(=O)CSC(c2cccc(C)c2)c2c(-c3ccccc3)nn(-c3ccc(F)cc3)c21. The summed E-state index contributed by atoms with van der Waals surface area (Å²) in [5.74, 6) is -0.0513. The van der Waals surface area contributed by atoms with Gasteiger partial charge in [0.05, 0.1) is 22.4 Å². The lowest BCUT2D eigenvalue weighted by Crippen LogP contribution is -2.42. The van der Waals surface area contributed by atoms with Crippen molar-refractivity contribution in [2.75, 3.05) is 23.7 Å². The fourth-order valence-corrected chi connectivity index (χ4v) is 5.84. The minimum Gasteiger partial charge on any atom is -0.355 e. The highest BCUT2D eigenvalue weighted by molar-refractivity contribution is 8.00. The van der Waals surface area contributed by atoms with E-state index >= 15 is 0 Å². The Labute approximate surface area is 225 Å². The molecule has 6 nitrogen and oxygen atoms in total. The molecule has 3 aromatic carbocycles. The predicted molar refractivity (Wildman–Crippen MR) is 150 cm³/mol. The van der Waals surface area contributed by atoms with Crippen molar-refractivity contribution in [2.24, 2.45) is 0 Å². The van der Waals surface area contributed by atoms with E-state index in [-0.39, 0.29) is 35.2 Å². The van der Waals surface area contributed by atoms with Gasteiger partial charge in [-0.2, -0.15) is 5.10 Å². The van der Waals surface area contributed by atoms with Gasteiger partial charge in [-0.05, 0) is 43.2 Å². The Balaban J connectivity index is 1.78. The Morgan fingerprint density at radius 2 is 1.84 bits per heavy atom. The van der Waals surface area contributed by atoms with Crippen LogP contribution in [0.1, 0.15) is 35.3 Å². The molecule has 0 fully saturated rings. The van der Waals surface area contributed by atoms with Crippen molar-refractivity contribution in [3.05, 3.63) is 101 Å². The summed E-state index contributed by atoms with van der Waals surface area (Å²) in [6.07, 6.45) is 0.794. The number of carbonyl (C=O) groups is 2. The number of hydrogen-bond donors (Lipinski definition) is 1. The Hall–Kier alpha value is -3.91. The number of fused-ring (bicyclic) bond motifs is 1. The van der Waals surface area contributed by atoms with Crippen LogP contribution in [0.5, 0.6) is 0 Å². The number of rotatable bonds is 7. The maximum Gasteiger partial charge on any atom is 0.240 e. The van der Waals surface area contributed by atoms with Gasteiger partial charge in [-0.25, -0.2) is 9.07 Å². The quantitative estimate of drug-likeness (QED) is 0.335. The molecule has 1 N–H and O–H groups in total. The van der Waals surface area contributed by atoms with Gasteiger partial charge in [0.25, 0.3) is 0 Å². The molecule has 1 aliphatic heterocycles. The Morgan fingerprint density at radius 1 is 1.08 bits per heavy atom. The maximum atomic E-state index is 13.9. The molecule has 0 aliphatic carbocycles. The number of benzene rings is 3. The number of hydrogen-bond acceptors (Lipinski definition) is 4. The van der Waals surface area contributed by atoms with Crippen molar-refractivity contribution in [3.63, 3.8) is 0 Å². The fourth-order valence-electron chi connectivity index (χ4n) is 4.65. The molecule has 2 amide bonds.